The number of nitrogens with zero attached hydrogens (tertiary/aromatic N) is 4. The van der Waals surface area contributed by atoms with Crippen molar-refractivity contribution in [1.82, 2.24) is 9.47 Å². The lowest BCUT2D eigenvalue weighted by Gasteiger charge is -2.36. The first-order chi connectivity index (χ1) is 16.3. The third-order valence-corrected chi connectivity index (χ3v) is 8.19. The molecule has 1 aromatic carbocycles. The third kappa shape index (κ3) is 4.55. The number of anilines is 1. The molecule has 2 saturated heterocycles. The Balaban J connectivity index is 1.72. The number of benzene rings is 1. The second-order valence-electron chi connectivity index (χ2n) is 8.76. The van der Waals surface area contributed by atoms with Gasteiger partial charge in [0.05, 0.1) is 4.91 Å². The number of thioether (sulfide) groups is 1. The first kappa shape index (κ1) is 24.2. The van der Waals surface area contributed by atoms with Crippen LogP contribution in [-0.2, 0) is 17.8 Å². The first-order valence-corrected chi connectivity index (χ1v) is 12.8. The molecule has 0 bridgehead atoms. The molecular formula is C26H28N4O2S2. The van der Waals surface area contributed by atoms with Crippen molar-refractivity contribution < 1.29 is 4.79 Å². The molecule has 0 radical (unpaired) electrons. The molecule has 0 spiro atoms. The van der Waals surface area contributed by atoms with E-state index < -0.39 is 0 Å². The molecule has 1 aromatic heterocycles. The van der Waals surface area contributed by atoms with Gasteiger partial charge in [-0.2, -0.15) is 5.26 Å². The number of aromatic nitrogens is 1. The molecule has 34 heavy (non-hydrogen) atoms. The summed E-state index contributed by atoms with van der Waals surface area (Å²) in [5, 5.41) is 9.72. The SMILES string of the molecule is CCn1c(N2CCC(Cc3ccccc3)CC2)c(/C=C2\SC(=S)N(C)C2=O)c(C)c(C#N)c1=O. The maximum atomic E-state index is 13.2. The van der Waals surface area contributed by atoms with Crippen molar-refractivity contribution >= 4 is 46.1 Å². The number of nitriles is 1. The van der Waals surface area contributed by atoms with Crippen molar-refractivity contribution in [2.24, 2.45) is 5.92 Å². The van der Waals surface area contributed by atoms with Crippen LogP contribution >= 0.6 is 24.0 Å². The van der Waals surface area contributed by atoms with Crippen LogP contribution in [0.5, 0.6) is 0 Å². The molecule has 0 saturated carbocycles. The lowest BCUT2D eigenvalue weighted by Crippen LogP contribution is -2.39. The number of carbonyl (C=O) groups excluding carboxylic acids is 1. The standard InChI is InChI=1S/C26H28N4O2S2/c1-4-30-23(29-12-10-19(11-13-29)14-18-8-6-5-7-9-18)20(17(2)21(16-27)24(30)31)15-22-25(32)28(3)26(33)34-22/h5-9,15,19H,4,10-14H2,1-3H3/b22-15-. The monoisotopic (exact) mass is 492 g/mol. The average molecular weight is 493 g/mol. The molecule has 2 aliphatic heterocycles. The summed E-state index contributed by atoms with van der Waals surface area (Å²) in [6, 6.07) is 12.6. The van der Waals surface area contributed by atoms with Crippen molar-refractivity contribution in [2.45, 2.75) is 39.7 Å². The number of thiocarbonyl (C=S) groups is 1. The zero-order valence-electron chi connectivity index (χ0n) is 19.7. The number of hydrogen-bond donors (Lipinski definition) is 0. The predicted octanol–water partition coefficient (Wildman–Crippen LogP) is 4.34. The number of amides is 1. The Labute approximate surface area is 209 Å². The van der Waals surface area contributed by atoms with Crippen LogP contribution in [0.25, 0.3) is 6.08 Å². The Morgan fingerprint density at radius 1 is 1.21 bits per heavy atom. The lowest BCUT2D eigenvalue weighted by molar-refractivity contribution is -0.121. The average Bonchev–Trinajstić information content (AvgIpc) is 3.08. The van der Waals surface area contributed by atoms with E-state index in [2.05, 4.69) is 35.2 Å². The van der Waals surface area contributed by atoms with Crippen LogP contribution in [0.4, 0.5) is 5.82 Å². The maximum absolute atomic E-state index is 13.2. The summed E-state index contributed by atoms with van der Waals surface area (Å²) in [7, 11) is 1.66. The molecule has 6 nitrogen and oxygen atoms in total. The van der Waals surface area contributed by atoms with Gasteiger partial charge in [0.2, 0.25) is 0 Å². The van der Waals surface area contributed by atoms with Gasteiger partial charge in [-0.05, 0) is 56.2 Å². The molecule has 2 aromatic rings. The number of piperidine rings is 1. The van der Waals surface area contributed by atoms with Crippen LogP contribution in [0, 0.1) is 24.2 Å². The smallest absolute Gasteiger partial charge is 0.270 e. The van der Waals surface area contributed by atoms with E-state index in [4.69, 9.17) is 12.2 Å². The molecule has 2 fully saturated rings. The van der Waals surface area contributed by atoms with Crippen LogP contribution in [0.3, 0.4) is 0 Å². The van der Waals surface area contributed by atoms with Crippen molar-refractivity contribution in [2.75, 3.05) is 25.0 Å². The topological polar surface area (TPSA) is 69.3 Å². The molecule has 0 atom stereocenters. The second-order valence-corrected chi connectivity index (χ2v) is 10.4. The molecule has 4 rings (SSSR count). The second kappa shape index (κ2) is 10.2. The molecule has 8 heteroatoms. The predicted molar refractivity (Wildman–Crippen MR) is 142 cm³/mol. The van der Waals surface area contributed by atoms with Gasteiger partial charge in [-0.15, -0.1) is 0 Å². The van der Waals surface area contributed by atoms with Crippen LogP contribution in [0.2, 0.25) is 0 Å². The molecule has 1 amide bonds. The van der Waals surface area contributed by atoms with Crippen molar-refractivity contribution in [3.8, 4) is 6.07 Å². The van der Waals surface area contributed by atoms with Gasteiger partial charge < -0.3 is 4.90 Å². The maximum Gasteiger partial charge on any atom is 0.270 e. The van der Waals surface area contributed by atoms with E-state index in [0.717, 1.165) is 43.7 Å². The summed E-state index contributed by atoms with van der Waals surface area (Å²) in [4.78, 5) is 30.1. The van der Waals surface area contributed by atoms with Crippen LogP contribution in [0.1, 0.15) is 42.0 Å². The Hall–Kier alpha value is -2.89. The van der Waals surface area contributed by atoms with Gasteiger partial charge in [0.15, 0.2) is 0 Å². The molecule has 3 heterocycles. The van der Waals surface area contributed by atoms with Crippen molar-refractivity contribution in [3.05, 3.63) is 67.8 Å². The molecule has 0 aliphatic carbocycles. The fourth-order valence-corrected chi connectivity index (χ4v) is 5.91. The molecule has 176 valence electrons. The number of rotatable bonds is 5. The van der Waals surface area contributed by atoms with Gasteiger partial charge in [-0.25, -0.2) is 0 Å². The van der Waals surface area contributed by atoms with Gasteiger partial charge in [0.1, 0.15) is 21.8 Å². The highest BCUT2D eigenvalue weighted by Gasteiger charge is 2.31. The van der Waals surface area contributed by atoms with E-state index in [1.807, 2.05) is 19.1 Å². The van der Waals surface area contributed by atoms with Gasteiger partial charge in [0.25, 0.3) is 11.5 Å². The molecule has 2 aliphatic rings. The van der Waals surface area contributed by atoms with Crippen LogP contribution < -0.4 is 10.5 Å². The summed E-state index contributed by atoms with van der Waals surface area (Å²) >= 11 is 6.55. The minimum absolute atomic E-state index is 0.128. The number of hydrogen-bond acceptors (Lipinski definition) is 6. The highest BCUT2D eigenvalue weighted by atomic mass is 32.2. The van der Waals surface area contributed by atoms with Gasteiger partial charge in [0, 0.05) is 32.2 Å². The summed E-state index contributed by atoms with van der Waals surface area (Å²) in [6.45, 7) is 5.79. The van der Waals surface area contributed by atoms with E-state index >= 15 is 0 Å². The Bertz CT molecular complexity index is 1250. The van der Waals surface area contributed by atoms with Crippen LogP contribution in [0.15, 0.2) is 40.0 Å². The van der Waals surface area contributed by atoms with E-state index in [1.165, 1.54) is 22.2 Å². The quantitative estimate of drug-likeness (QED) is 0.457. The fourth-order valence-electron chi connectivity index (χ4n) is 4.75. The summed E-state index contributed by atoms with van der Waals surface area (Å²) in [5.41, 5.74) is 2.57. The minimum atomic E-state index is -0.274. The van der Waals surface area contributed by atoms with E-state index in [-0.39, 0.29) is 17.0 Å². The summed E-state index contributed by atoms with van der Waals surface area (Å²) in [5.74, 6) is 1.22. The lowest BCUT2D eigenvalue weighted by atomic mass is 9.90. The largest absolute Gasteiger partial charge is 0.357 e. The van der Waals surface area contributed by atoms with E-state index in [9.17, 15) is 14.9 Å². The molecule has 0 N–H and O–H groups in total. The zero-order valence-corrected chi connectivity index (χ0v) is 21.3. The van der Waals surface area contributed by atoms with Crippen molar-refractivity contribution in [1.29, 1.82) is 5.26 Å². The van der Waals surface area contributed by atoms with Crippen molar-refractivity contribution in [3.63, 3.8) is 0 Å². The fraction of sp³-hybridized carbons (Fsp3) is 0.385. The highest BCUT2D eigenvalue weighted by Crippen LogP contribution is 2.36. The zero-order chi connectivity index (χ0) is 24.4. The first-order valence-electron chi connectivity index (χ1n) is 11.5. The van der Waals surface area contributed by atoms with E-state index in [1.54, 1.807) is 18.5 Å². The van der Waals surface area contributed by atoms with Gasteiger partial charge in [-0.3, -0.25) is 19.1 Å². The van der Waals surface area contributed by atoms with Gasteiger partial charge >= 0.3 is 0 Å². The van der Waals surface area contributed by atoms with Gasteiger partial charge in [-0.1, -0.05) is 54.3 Å². The van der Waals surface area contributed by atoms with Crippen LogP contribution in [-0.4, -0.2) is 39.8 Å². The Kier molecular flexibility index (Phi) is 7.24. The number of pyridine rings is 1. The normalized spacial score (nSPS) is 18.1. The highest BCUT2D eigenvalue weighted by molar-refractivity contribution is 8.26. The summed E-state index contributed by atoms with van der Waals surface area (Å²) in [6.07, 6.45) is 4.90. The molecule has 0 unspecified atom stereocenters. The Morgan fingerprint density at radius 2 is 1.88 bits per heavy atom. The Morgan fingerprint density at radius 3 is 2.44 bits per heavy atom. The molecular weight excluding hydrogens is 464 g/mol. The third-order valence-electron chi connectivity index (χ3n) is 6.71. The number of carbonyl (C=O) groups is 1. The summed E-state index contributed by atoms with van der Waals surface area (Å²) < 4.78 is 2.18. The minimum Gasteiger partial charge on any atom is -0.357 e. The number of likely N-dealkylation sites (N-methyl/N-ethyl adjacent to an activating group) is 1. The van der Waals surface area contributed by atoms with E-state index in [0.29, 0.717) is 27.3 Å².